The van der Waals surface area contributed by atoms with Crippen LogP contribution >= 0.6 is 0 Å². The molecule has 0 spiro atoms. The van der Waals surface area contributed by atoms with Crippen molar-refractivity contribution >= 4 is 0 Å². The van der Waals surface area contributed by atoms with E-state index in [1.54, 1.807) is 0 Å². The minimum absolute atomic E-state index is 0.113. The molecular weight excluding hydrogens is 270 g/mol. The van der Waals surface area contributed by atoms with Crippen LogP contribution in [0.2, 0.25) is 0 Å². The van der Waals surface area contributed by atoms with Crippen LogP contribution in [0.15, 0.2) is 18.2 Å². The lowest BCUT2D eigenvalue weighted by Gasteiger charge is -2.47. The first kappa shape index (κ1) is 16.4. The summed E-state index contributed by atoms with van der Waals surface area (Å²) < 4.78 is 27.7. The van der Waals surface area contributed by atoms with Gasteiger partial charge < -0.3 is 5.73 Å². The van der Waals surface area contributed by atoms with Gasteiger partial charge in [0.05, 0.1) is 0 Å². The van der Waals surface area contributed by atoms with Crippen LogP contribution in [0.3, 0.4) is 0 Å². The molecule has 2 nitrogen and oxygen atoms in total. The molecule has 4 heteroatoms. The fourth-order valence-electron chi connectivity index (χ4n) is 3.29. The number of rotatable bonds is 5. The van der Waals surface area contributed by atoms with Crippen molar-refractivity contribution < 1.29 is 8.78 Å². The van der Waals surface area contributed by atoms with E-state index in [1.165, 1.54) is 37.5 Å². The molecular formula is C17H26F2N2. The third kappa shape index (κ3) is 3.43. The topological polar surface area (TPSA) is 29.3 Å². The summed E-state index contributed by atoms with van der Waals surface area (Å²) in [6.45, 7) is 6.28. The predicted molar refractivity (Wildman–Crippen MR) is 82.2 cm³/mol. The molecule has 0 aromatic heterocycles. The summed E-state index contributed by atoms with van der Waals surface area (Å²) in [6.07, 6.45) is 4.73. The Bertz CT molecular complexity index is 452. The largest absolute Gasteiger partial charge is 0.326 e. The quantitative estimate of drug-likeness (QED) is 0.901. The van der Waals surface area contributed by atoms with E-state index < -0.39 is 11.6 Å². The molecule has 118 valence electrons. The van der Waals surface area contributed by atoms with Crippen LogP contribution in [-0.4, -0.2) is 29.6 Å². The van der Waals surface area contributed by atoms with E-state index in [0.717, 1.165) is 19.5 Å². The summed E-state index contributed by atoms with van der Waals surface area (Å²) in [7, 11) is 0. The van der Waals surface area contributed by atoms with Crippen LogP contribution in [0.1, 0.15) is 45.1 Å². The Kier molecular flexibility index (Phi) is 5.33. The van der Waals surface area contributed by atoms with E-state index in [2.05, 4.69) is 18.7 Å². The SMILES string of the molecule is CCC(C)(C(N)Cc1c(F)cccc1F)N1CCCCC1. The molecule has 0 bridgehead atoms. The lowest BCUT2D eigenvalue weighted by atomic mass is 9.82. The van der Waals surface area contributed by atoms with Gasteiger partial charge in [-0.2, -0.15) is 0 Å². The molecule has 21 heavy (non-hydrogen) atoms. The molecule has 1 heterocycles. The van der Waals surface area contributed by atoms with Crippen molar-refractivity contribution in [2.45, 2.75) is 57.5 Å². The second kappa shape index (κ2) is 6.84. The first-order valence-electron chi connectivity index (χ1n) is 7.92. The molecule has 1 saturated heterocycles. The first-order chi connectivity index (χ1) is 9.99. The smallest absolute Gasteiger partial charge is 0.129 e. The van der Waals surface area contributed by atoms with Crippen molar-refractivity contribution in [1.29, 1.82) is 0 Å². The maximum atomic E-state index is 13.8. The standard InChI is InChI=1S/C17H26F2N2/c1-3-17(2,21-10-5-4-6-11-21)16(20)12-13-14(18)8-7-9-15(13)19/h7-9,16H,3-6,10-12,20H2,1-2H3. The fourth-order valence-corrected chi connectivity index (χ4v) is 3.29. The van der Waals surface area contributed by atoms with Crippen LogP contribution in [0, 0.1) is 11.6 Å². The highest BCUT2D eigenvalue weighted by Gasteiger charge is 2.37. The molecule has 2 N–H and O–H groups in total. The maximum Gasteiger partial charge on any atom is 0.129 e. The zero-order valence-electron chi connectivity index (χ0n) is 13.0. The monoisotopic (exact) mass is 296 g/mol. The second-order valence-corrected chi connectivity index (χ2v) is 6.27. The molecule has 0 amide bonds. The van der Waals surface area contributed by atoms with Crippen molar-refractivity contribution in [3.63, 3.8) is 0 Å². The van der Waals surface area contributed by atoms with Crippen LogP contribution in [-0.2, 0) is 6.42 Å². The van der Waals surface area contributed by atoms with E-state index in [0.29, 0.717) is 0 Å². The Morgan fingerprint density at radius 1 is 1.19 bits per heavy atom. The van der Waals surface area contributed by atoms with Gasteiger partial charge in [-0.1, -0.05) is 19.4 Å². The highest BCUT2D eigenvalue weighted by molar-refractivity contribution is 5.22. The van der Waals surface area contributed by atoms with Gasteiger partial charge in [-0.15, -0.1) is 0 Å². The Morgan fingerprint density at radius 3 is 2.29 bits per heavy atom. The average Bonchev–Trinajstić information content (AvgIpc) is 2.51. The van der Waals surface area contributed by atoms with E-state index >= 15 is 0 Å². The van der Waals surface area contributed by atoms with E-state index in [4.69, 9.17) is 5.73 Å². The highest BCUT2D eigenvalue weighted by atomic mass is 19.1. The fraction of sp³-hybridized carbons (Fsp3) is 0.647. The average molecular weight is 296 g/mol. The van der Waals surface area contributed by atoms with Crippen LogP contribution in [0.5, 0.6) is 0 Å². The molecule has 1 aromatic rings. The van der Waals surface area contributed by atoms with Gasteiger partial charge in [0.15, 0.2) is 0 Å². The molecule has 2 unspecified atom stereocenters. The number of piperidine rings is 1. The van der Waals surface area contributed by atoms with E-state index in [1.807, 2.05) is 0 Å². The summed E-state index contributed by atoms with van der Waals surface area (Å²) in [6, 6.07) is 3.71. The number of halogens is 2. The van der Waals surface area contributed by atoms with Crippen molar-refractivity contribution in [3.8, 4) is 0 Å². The Morgan fingerprint density at radius 2 is 1.76 bits per heavy atom. The lowest BCUT2D eigenvalue weighted by Crippen LogP contribution is -2.59. The third-order valence-corrected chi connectivity index (χ3v) is 5.08. The van der Waals surface area contributed by atoms with Gasteiger partial charge in [0.25, 0.3) is 0 Å². The summed E-state index contributed by atoms with van der Waals surface area (Å²) >= 11 is 0. The maximum absolute atomic E-state index is 13.8. The minimum Gasteiger partial charge on any atom is -0.326 e. The van der Waals surface area contributed by atoms with Crippen molar-refractivity contribution in [2.75, 3.05) is 13.1 Å². The highest BCUT2D eigenvalue weighted by Crippen LogP contribution is 2.29. The lowest BCUT2D eigenvalue weighted by molar-refractivity contribution is 0.0541. The van der Waals surface area contributed by atoms with Gasteiger partial charge >= 0.3 is 0 Å². The normalized spacial score (nSPS) is 21.0. The second-order valence-electron chi connectivity index (χ2n) is 6.27. The zero-order chi connectivity index (χ0) is 15.5. The molecule has 2 atom stereocenters. The van der Waals surface area contributed by atoms with Crippen LogP contribution in [0.4, 0.5) is 8.78 Å². The Labute approximate surface area is 126 Å². The molecule has 1 aliphatic rings. The molecule has 0 aliphatic carbocycles. The van der Waals surface area contributed by atoms with Crippen molar-refractivity contribution in [2.24, 2.45) is 5.73 Å². The summed E-state index contributed by atoms with van der Waals surface area (Å²) in [5.41, 5.74) is 6.29. The number of nitrogens with two attached hydrogens (primary N) is 1. The summed E-state index contributed by atoms with van der Waals surface area (Å²) in [5, 5.41) is 0. The third-order valence-electron chi connectivity index (χ3n) is 5.08. The molecule has 1 aromatic carbocycles. The number of nitrogens with zero attached hydrogens (tertiary/aromatic N) is 1. The minimum atomic E-state index is -0.498. The first-order valence-corrected chi connectivity index (χ1v) is 7.92. The van der Waals surface area contributed by atoms with Crippen molar-refractivity contribution in [1.82, 2.24) is 4.90 Å². The molecule has 0 saturated carbocycles. The predicted octanol–water partition coefficient (Wildman–Crippen LogP) is 3.49. The van der Waals surface area contributed by atoms with Gasteiger partial charge in [-0.3, -0.25) is 4.90 Å². The summed E-state index contributed by atoms with van der Waals surface area (Å²) in [4.78, 5) is 2.40. The van der Waals surface area contributed by atoms with Gasteiger partial charge in [0.1, 0.15) is 11.6 Å². The van der Waals surface area contributed by atoms with Gasteiger partial charge in [0.2, 0.25) is 0 Å². The number of hydrogen-bond acceptors (Lipinski definition) is 2. The molecule has 1 fully saturated rings. The zero-order valence-corrected chi connectivity index (χ0v) is 13.0. The molecule has 0 radical (unpaired) electrons. The molecule has 2 rings (SSSR count). The number of likely N-dealkylation sites (tertiary alicyclic amines) is 1. The van der Waals surface area contributed by atoms with Gasteiger partial charge in [-0.25, -0.2) is 8.78 Å². The Balaban J connectivity index is 2.17. The number of benzene rings is 1. The molecule has 1 aliphatic heterocycles. The van der Waals surface area contributed by atoms with Gasteiger partial charge in [0, 0.05) is 17.1 Å². The number of hydrogen-bond donors (Lipinski definition) is 1. The van der Waals surface area contributed by atoms with Crippen LogP contribution < -0.4 is 5.73 Å². The summed E-state index contributed by atoms with van der Waals surface area (Å²) in [5.74, 6) is -0.995. The Hall–Kier alpha value is -1.00. The van der Waals surface area contributed by atoms with Crippen LogP contribution in [0.25, 0.3) is 0 Å². The van der Waals surface area contributed by atoms with Gasteiger partial charge in [-0.05, 0) is 57.8 Å². The van der Waals surface area contributed by atoms with Crippen molar-refractivity contribution in [3.05, 3.63) is 35.4 Å². The van der Waals surface area contributed by atoms with E-state index in [9.17, 15) is 8.78 Å². The van der Waals surface area contributed by atoms with E-state index in [-0.39, 0.29) is 23.6 Å².